The van der Waals surface area contributed by atoms with Crippen LogP contribution in [0.4, 0.5) is 5.69 Å². The fraction of sp³-hybridized carbons (Fsp3) is 0.0667. The number of nitrogen functional groups attached to an aromatic ring is 1. The molecule has 6 heteroatoms. The van der Waals surface area contributed by atoms with Crippen LogP contribution in [0.25, 0.3) is 0 Å². The van der Waals surface area contributed by atoms with E-state index in [1.54, 1.807) is 24.3 Å². The van der Waals surface area contributed by atoms with Crippen LogP contribution in [0.2, 0.25) is 10.0 Å². The van der Waals surface area contributed by atoms with Gasteiger partial charge in [0.2, 0.25) is 0 Å². The van der Waals surface area contributed by atoms with Crippen LogP contribution in [0.3, 0.4) is 0 Å². The van der Waals surface area contributed by atoms with Crippen molar-refractivity contribution in [1.82, 2.24) is 5.32 Å². The van der Waals surface area contributed by atoms with Gasteiger partial charge in [0.25, 0.3) is 5.91 Å². The number of hydrogen-bond donors (Lipinski definition) is 2. The SMILES string of the molecule is N#Cc1ccc(CNC(=O)c2cc(Cl)c(N)c(Cl)c2)cc1. The zero-order valence-corrected chi connectivity index (χ0v) is 12.4. The van der Waals surface area contributed by atoms with Crippen molar-refractivity contribution < 1.29 is 4.79 Å². The van der Waals surface area contributed by atoms with Crippen LogP contribution >= 0.6 is 23.2 Å². The molecule has 0 aliphatic rings. The van der Waals surface area contributed by atoms with E-state index in [0.29, 0.717) is 17.7 Å². The Hall–Kier alpha value is -2.22. The van der Waals surface area contributed by atoms with E-state index in [4.69, 9.17) is 34.2 Å². The van der Waals surface area contributed by atoms with Crippen LogP contribution in [0.5, 0.6) is 0 Å². The summed E-state index contributed by atoms with van der Waals surface area (Å²) in [6.45, 7) is 0.337. The second kappa shape index (κ2) is 6.49. The fourth-order valence-corrected chi connectivity index (χ4v) is 2.18. The van der Waals surface area contributed by atoms with Crippen LogP contribution in [0.1, 0.15) is 21.5 Å². The third-order valence-corrected chi connectivity index (χ3v) is 3.50. The van der Waals surface area contributed by atoms with Crippen molar-refractivity contribution in [2.75, 3.05) is 5.73 Å². The number of carbonyl (C=O) groups excluding carboxylic acids is 1. The number of anilines is 1. The van der Waals surface area contributed by atoms with Crippen LogP contribution in [-0.2, 0) is 6.54 Å². The molecule has 0 saturated heterocycles. The summed E-state index contributed by atoms with van der Waals surface area (Å²) in [6.07, 6.45) is 0. The van der Waals surface area contributed by atoms with Crippen molar-refractivity contribution in [3.63, 3.8) is 0 Å². The Morgan fingerprint density at radius 2 is 1.76 bits per heavy atom. The molecule has 0 atom stereocenters. The number of rotatable bonds is 3. The molecular weight excluding hydrogens is 309 g/mol. The zero-order chi connectivity index (χ0) is 15.4. The summed E-state index contributed by atoms with van der Waals surface area (Å²) in [7, 11) is 0. The average molecular weight is 320 g/mol. The van der Waals surface area contributed by atoms with Crippen molar-refractivity contribution in [3.8, 4) is 6.07 Å². The molecule has 0 saturated carbocycles. The smallest absolute Gasteiger partial charge is 0.251 e. The van der Waals surface area contributed by atoms with Crippen LogP contribution in [0.15, 0.2) is 36.4 Å². The fourth-order valence-electron chi connectivity index (χ4n) is 1.70. The maximum atomic E-state index is 12.0. The third-order valence-electron chi connectivity index (χ3n) is 2.88. The Balaban J connectivity index is 2.06. The summed E-state index contributed by atoms with van der Waals surface area (Å²) in [5, 5.41) is 11.9. The molecule has 0 heterocycles. The summed E-state index contributed by atoms with van der Waals surface area (Å²) in [5.74, 6) is -0.303. The molecule has 106 valence electrons. The Bertz CT molecular complexity index is 698. The highest BCUT2D eigenvalue weighted by atomic mass is 35.5. The van der Waals surface area contributed by atoms with Crippen molar-refractivity contribution in [2.45, 2.75) is 6.54 Å². The quantitative estimate of drug-likeness (QED) is 0.851. The molecule has 0 radical (unpaired) electrons. The predicted molar refractivity (Wildman–Crippen MR) is 83.2 cm³/mol. The van der Waals surface area contributed by atoms with Gasteiger partial charge in [-0.25, -0.2) is 0 Å². The number of hydrogen-bond acceptors (Lipinski definition) is 3. The van der Waals surface area contributed by atoms with Gasteiger partial charge < -0.3 is 11.1 Å². The molecule has 2 aromatic carbocycles. The molecule has 0 bridgehead atoms. The molecule has 0 aliphatic heterocycles. The van der Waals surface area contributed by atoms with Gasteiger partial charge in [0.05, 0.1) is 27.4 Å². The summed E-state index contributed by atoms with van der Waals surface area (Å²) >= 11 is 11.8. The van der Waals surface area contributed by atoms with E-state index in [1.807, 2.05) is 6.07 Å². The van der Waals surface area contributed by atoms with Crippen molar-refractivity contribution in [2.24, 2.45) is 0 Å². The van der Waals surface area contributed by atoms with Crippen molar-refractivity contribution in [3.05, 3.63) is 63.1 Å². The highest BCUT2D eigenvalue weighted by Gasteiger charge is 2.11. The standard InChI is InChI=1S/C15H11Cl2N3O/c16-12-5-11(6-13(17)14(12)19)15(21)20-8-10-3-1-9(7-18)2-4-10/h1-6H,8,19H2,(H,20,21). The normalized spacial score (nSPS) is 9.95. The Morgan fingerprint density at radius 1 is 1.19 bits per heavy atom. The first-order valence-corrected chi connectivity index (χ1v) is 6.78. The van der Waals surface area contributed by atoms with Gasteiger partial charge in [-0.05, 0) is 29.8 Å². The summed E-state index contributed by atoms with van der Waals surface area (Å²) < 4.78 is 0. The second-order valence-corrected chi connectivity index (χ2v) is 5.16. The average Bonchev–Trinajstić information content (AvgIpc) is 2.50. The number of carbonyl (C=O) groups is 1. The monoisotopic (exact) mass is 319 g/mol. The molecular formula is C15H11Cl2N3O. The number of nitrogens with one attached hydrogen (secondary N) is 1. The van der Waals surface area contributed by atoms with Crippen LogP contribution in [0, 0.1) is 11.3 Å². The first kappa shape index (κ1) is 15.2. The Kier molecular flexibility index (Phi) is 4.69. The minimum atomic E-state index is -0.303. The largest absolute Gasteiger partial charge is 0.396 e. The molecule has 0 unspecified atom stereocenters. The topological polar surface area (TPSA) is 78.9 Å². The van der Waals surface area contributed by atoms with Crippen molar-refractivity contribution >= 4 is 34.8 Å². The lowest BCUT2D eigenvalue weighted by molar-refractivity contribution is 0.0951. The number of nitrogens with two attached hydrogens (primary N) is 1. The van der Waals surface area contributed by atoms with Crippen LogP contribution in [-0.4, -0.2) is 5.91 Å². The lowest BCUT2D eigenvalue weighted by Crippen LogP contribution is -2.22. The zero-order valence-electron chi connectivity index (χ0n) is 10.9. The molecule has 2 aromatic rings. The van der Waals surface area contributed by atoms with E-state index in [0.717, 1.165) is 5.56 Å². The highest BCUT2D eigenvalue weighted by Crippen LogP contribution is 2.28. The molecule has 0 fully saturated rings. The Morgan fingerprint density at radius 3 is 2.29 bits per heavy atom. The molecule has 21 heavy (non-hydrogen) atoms. The molecule has 2 rings (SSSR count). The van der Waals surface area contributed by atoms with Crippen LogP contribution < -0.4 is 11.1 Å². The van der Waals surface area contributed by atoms with E-state index >= 15 is 0 Å². The number of halogens is 2. The van der Waals surface area contributed by atoms with Gasteiger partial charge in [0.1, 0.15) is 0 Å². The molecule has 4 nitrogen and oxygen atoms in total. The molecule has 0 spiro atoms. The number of nitrogens with zero attached hydrogens (tertiary/aromatic N) is 1. The summed E-state index contributed by atoms with van der Waals surface area (Å²) in [6, 6.07) is 11.9. The van der Waals surface area contributed by atoms with Gasteiger partial charge in [-0.3, -0.25) is 4.79 Å². The minimum Gasteiger partial charge on any atom is -0.396 e. The van der Waals surface area contributed by atoms with E-state index in [2.05, 4.69) is 5.32 Å². The molecule has 1 amide bonds. The van der Waals surface area contributed by atoms with E-state index in [1.165, 1.54) is 12.1 Å². The predicted octanol–water partition coefficient (Wildman–Crippen LogP) is 3.38. The van der Waals surface area contributed by atoms with E-state index < -0.39 is 0 Å². The third kappa shape index (κ3) is 3.66. The van der Waals surface area contributed by atoms with Gasteiger partial charge >= 0.3 is 0 Å². The summed E-state index contributed by atoms with van der Waals surface area (Å²) in [4.78, 5) is 12.0. The van der Waals surface area contributed by atoms with Gasteiger partial charge in [0, 0.05) is 12.1 Å². The Labute approximate surface area is 132 Å². The molecule has 0 aliphatic carbocycles. The van der Waals surface area contributed by atoms with Gasteiger partial charge in [-0.1, -0.05) is 35.3 Å². The number of amides is 1. The second-order valence-electron chi connectivity index (χ2n) is 4.34. The van der Waals surface area contributed by atoms with Gasteiger partial charge in [-0.2, -0.15) is 5.26 Å². The number of benzene rings is 2. The minimum absolute atomic E-state index is 0.242. The maximum absolute atomic E-state index is 12.0. The molecule has 0 aromatic heterocycles. The van der Waals surface area contributed by atoms with E-state index in [9.17, 15) is 4.79 Å². The van der Waals surface area contributed by atoms with E-state index in [-0.39, 0.29) is 21.6 Å². The summed E-state index contributed by atoms with van der Waals surface area (Å²) in [5.41, 5.74) is 7.67. The maximum Gasteiger partial charge on any atom is 0.251 e. The van der Waals surface area contributed by atoms with Crippen molar-refractivity contribution in [1.29, 1.82) is 5.26 Å². The lowest BCUT2D eigenvalue weighted by Gasteiger charge is -2.08. The van der Waals surface area contributed by atoms with Gasteiger partial charge in [-0.15, -0.1) is 0 Å². The first-order chi connectivity index (χ1) is 10.0. The molecule has 3 N–H and O–H groups in total. The first-order valence-electron chi connectivity index (χ1n) is 6.03. The highest BCUT2D eigenvalue weighted by molar-refractivity contribution is 6.39. The lowest BCUT2D eigenvalue weighted by atomic mass is 10.1. The number of nitriles is 1. The van der Waals surface area contributed by atoms with Gasteiger partial charge in [0.15, 0.2) is 0 Å².